The number of amides is 2. The van der Waals surface area contributed by atoms with E-state index in [1.807, 2.05) is 31.3 Å². The monoisotopic (exact) mass is 301 g/mol. The zero-order valence-corrected chi connectivity index (χ0v) is 12.5. The van der Waals surface area contributed by atoms with Crippen molar-refractivity contribution in [2.24, 2.45) is 0 Å². The van der Waals surface area contributed by atoms with Crippen LogP contribution in [0.3, 0.4) is 0 Å². The Morgan fingerprint density at radius 1 is 1.36 bits per heavy atom. The Hall–Kier alpha value is -2.34. The predicted molar refractivity (Wildman–Crippen MR) is 83.4 cm³/mol. The Balaban J connectivity index is 1.74. The molecule has 1 aliphatic heterocycles. The van der Waals surface area contributed by atoms with Gasteiger partial charge in [0.1, 0.15) is 0 Å². The van der Waals surface area contributed by atoms with Crippen LogP contribution < -0.4 is 5.32 Å². The molecule has 116 valence electrons. The first kappa shape index (κ1) is 14.6. The highest BCUT2D eigenvalue weighted by molar-refractivity contribution is 6.39. The maximum Gasteiger partial charge on any atom is 0.313 e. The summed E-state index contributed by atoms with van der Waals surface area (Å²) in [5.74, 6) is -1.26. The second-order valence-corrected chi connectivity index (χ2v) is 5.52. The van der Waals surface area contributed by atoms with Crippen LogP contribution in [0.2, 0.25) is 0 Å². The number of aryl methyl sites for hydroxylation is 1. The molecule has 2 heterocycles. The molecule has 6 heteroatoms. The van der Waals surface area contributed by atoms with Crippen molar-refractivity contribution >= 4 is 28.4 Å². The van der Waals surface area contributed by atoms with Gasteiger partial charge in [0.15, 0.2) is 0 Å². The first-order valence-corrected chi connectivity index (χ1v) is 7.45. The number of likely N-dealkylation sites (tertiary alicyclic amines) is 1. The van der Waals surface area contributed by atoms with Crippen molar-refractivity contribution in [3.05, 3.63) is 30.5 Å². The van der Waals surface area contributed by atoms with Crippen molar-refractivity contribution in [3.63, 3.8) is 0 Å². The van der Waals surface area contributed by atoms with Gasteiger partial charge in [-0.2, -0.15) is 0 Å². The maximum absolute atomic E-state index is 12.0. The maximum atomic E-state index is 12.0. The van der Waals surface area contributed by atoms with Gasteiger partial charge in [-0.3, -0.25) is 9.59 Å². The third-order valence-electron chi connectivity index (χ3n) is 4.02. The van der Waals surface area contributed by atoms with Crippen LogP contribution in [0, 0.1) is 0 Å². The summed E-state index contributed by atoms with van der Waals surface area (Å²) in [6.07, 6.45) is 1.99. The molecule has 0 radical (unpaired) electrons. The van der Waals surface area contributed by atoms with Crippen LogP contribution in [0.25, 0.3) is 10.9 Å². The predicted octanol–water partition coefficient (Wildman–Crippen LogP) is 1.19. The number of carbonyl (C=O) groups is 2. The highest BCUT2D eigenvalue weighted by Gasteiger charge is 2.28. The lowest BCUT2D eigenvalue weighted by Gasteiger charge is -2.15. The largest absolute Gasteiger partial charge is 0.391 e. The van der Waals surface area contributed by atoms with Crippen LogP contribution in [0.5, 0.6) is 0 Å². The molecule has 0 saturated carbocycles. The number of benzene rings is 1. The topological polar surface area (TPSA) is 74.6 Å². The van der Waals surface area contributed by atoms with E-state index in [-0.39, 0.29) is 6.54 Å². The highest BCUT2D eigenvalue weighted by Crippen LogP contribution is 2.21. The van der Waals surface area contributed by atoms with Crippen LogP contribution >= 0.6 is 0 Å². The van der Waals surface area contributed by atoms with Gasteiger partial charge in [0.2, 0.25) is 0 Å². The fourth-order valence-electron chi connectivity index (χ4n) is 2.79. The van der Waals surface area contributed by atoms with Crippen molar-refractivity contribution in [3.8, 4) is 0 Å². The van der Waals surface area contributed by atoms with Crippen LogP contribution in [-0.2, 0) is 16.1 Å². The third-order valence-corrected chi connectivity index (χ3v) is 4.02. The van der Waals surface area contributed by atoms with Crippen LogP contribution in [0.15, 0.2) is 30.5 Å². The molecule has 3 rings (SSSR count). The molecule has 2 N–H and O–H groups in total. The summed E-state index contributed by atoms with van der Waals surface area (Å²) in [5, 5.41) is 13.2. The number of rotatable bonds is 2. The molecule has 0 spiro atoms. The molecule has 6 nitrogen and oxygen atoms in total. The van der Waals surface area contributed by atoms with Crippen LogP contribution in [0.1, 0.15) is 13.3 Å². The second kappa shape index (κ2) is 5.81. The van der Waals surface area contributed by atoms with Gasteiger partial charge in [-0.25, -0.2) is 0 Å². The molecule has 2 amide bonds. The summed E-state index contributed by atoms with van der Waals surface area (Å²) in [6, 6.07) is 7.58. The highest BCUT2D eigenvalue weighted by atomic mass is 16.3. The zero-order chi connectivity index (χ0) is 15.7. The van der Waals surface area contributed by atoms with E-state index >= 15 is 0 Å². The van der Waals surface area contributed by atoms with Crippen molar-refractivity contribution in [2.75, 3.05) is 18.4 Å². The summed E-state index contributed by atoms with van der Waals surface area (Å²) < 4.78 is 2.07. The average molecular weight is 301 g/mol. The molecular formula is C16H19N3O3. The fraction of sp³-hybridized carbons (Fsp3) is 0.375. The van der Waals surface area contributed by atoms with Crippen molar-refractivity contribution in [2.45, 2.75) is 26.0 Å². The van der Waals surface area contributed by atoms with E-state index < -0.39 is 17.9 Å². The van der Waals surface area contributed by atoms with Crippen LogP contribution in [0.4, 0.5) is 5.69 Å². The molecule has 1 aromatic carbocycles. The third kappa shape index (κ3) is 2.69. The minimum atomic E-state index is -0.664. The molecule has 1 aliphatic rings. The van der Waals surface area contributed by atoms with Gasteiger partial charge in [-0.1, -0.05) is 6.07 Å². The first-order valence-electron chi connectivity index (χ1n) is 7.45. The second-order valence-electron chi connectivity index (χ2n) is 5.52. The van der Waals surface area contributed by atoms with Gasteiger partial charge >= 0.3 is 11.8 Å². The fourth-order valence-corrected chi connectivity index (χ4v) is 2.79. The van der Waals surface area contributed by atoms with E-state index in [1.165, 1.54) is 4.90 Å². The Kier molecular flexibility index (Phi) is 3.85. The molecule has 0 unspecified atom stereocenters. The molecule has 0 aliphatic carbocycles. The van der Waals surface area contributed by atoms with Crippen molar-refractivity contribution in [1.29, 1.82) is 0 Å². The van der Waals surface area contributed by atoms with E-state index in [1.54, 1.807) is 6.07 Å². The first-order chi connectivity index (χ1) is 10.6. The number of aliphatic hydroxyl groups is 1. The molecule has 1 atom stereocenters. The number of nitrogens with one attached hydrogen (secondary N) is 1. The van der Waals surface area contributed by atoms with Gasteiger partial charge in [-0.15, -0.1) is 0 Å². The molecule has 0 bridgehead atoms. The van der Waals surface area contributed by atoms with E-state index in [9.17, 15) is 14.7 Å². The normalized spacial score (nSPS) is 17.9. The SMILES string of the molecule is CCn1ccc2ccc(NC(=O)C(=O)N3CC[C@@H](O)C3)cc21. The summed E-state index contributed by atoms with van der Waals surface area (Å²) in [4.78, 5) is 25.5. The minimum Gasteiger partial charge on any atom is -0.391 e. The van der Waals surface area contributed by atoms with Gasteiger partial charge in [0.05, 0.1) is 11.6 Å². The van der Waals surface area contributed by atoms with Gasteiger partial charge in [0, 0.05) is 31.5 Å². The number of aromatic nitrogens is 1. The van der Waals surface area contributed by atoms with E-state index in [0.717, 1.165) is 17.4 Å². The van der Waals surface area contributed by atoms with Gasteiger partial charge in [0.25, 0.3) is 0 Å². The summed E-state index contributed by atoms with van der Waals surface area (Å²) in [6.45, 7) is 3.54. The number of nitrogens with zero attached hydrogens (tertiary/aromatic N) is 2. The smallest absolute Gasteiger partial charge is 0.313 e. The van der Waals surface area contributed by atoms with Gasteiger partial charge < -0.3 is 19.9 Å². The average Bonchev–Trinajstić information content (AvgIpc) is 3.12. The zero-order valence-electron chi connectivity index (χ0n) is 12.5. The lowest BCUT2D eigenvalue weighted by Crippen LogP contribution is -2.38. The summed E-state index contributed by atoms with van der Waals surface area (Å²) in [7, 11) is 0. The number of β-amino-alcohol motifs (C(OH)–C–C–N with tert-alkyl or cyclic N) is 1. The number of hydrogen-bond donors (Lipinski definition) is 2. The molecule has 22 heavy (non-hydrogen) atoms. The lowest BCUT2D eigenvalue weighted by molar-refractivity contribution is -0.142. The summed E-state index contributed by atoms with van der Waals surface area (Å²) in [5.41, 5.74) is 1.61. The molecule has 2 aromatic rings. The molecule has 1 aromatic heterocycles. The quantitative estimate of drug-likeness (QED) is 0.818. The number of fused-ring (bicyclic) bond motifs is 1. The number of aliphatic hydroxyl groups excluding tert-OH is 1. The van der Waals surface area contributed by atoms with E-state index in [2.05, 4.69) is 9.88 Å². The number of hydrogen-bond acceptors (Lipinski definition) is 3. The Morgan fingerprint density at radius 3 is 2.86 bits per heavy atom. The van der Waals surface area contributed by atoms with Crippen molar-refractivity contribution < 1.29 is 14.7 Å². The van der Waals surface area contributed by atoms with Crippen molar-refractivity contribution in [1.82, 2.24) is 9.47 Å². The Morgan fingerprint density at radius 2 is 2.18 bits per heavy atom. The van der Waals surface area contributed by atoms with E-state index in [4.69, 9.17) is 0 Å². The molecule has 1 saturated heterocycles. The molecular weight excluding hydrogens is 282 g/mol. The summed E-state index contributed by atoms with van der Waals surface area (Å²) >= 11 is 0. The minimum absolute atomic E-state index is 0.226. The standard InChI is InChI=1S/C16H19N3O3/c1-2-18-7-5-11-3-4-12(9-14(11)18)17-15(21)16(22)19-8-6-13(20)10-19/h3-5,7,9,13,20H,2,6,8,10H2,1H3,(H,17,21)/t13-/m1/s1. The number of anilines is 1. The van der Waals surface area contributed by atoms with Crippen LogP contribution in [-0.4, -0.2) is 45.6 Å². The van der Waals surface area contributed by atoms with Gasteiger partial charge in [-0.05, 0) is 36.9 Å². The Bertz CT molecular complexity index is 722. The van der Waals surface area contributed by atoms with E-state index in [0.29, 0.717) is 18.7 Å². The molecule has 1 fully saturated rings. The Labute approximate surface area is 128 Å². The lowest BCUT2D eigenvalue weighted by atomic mass is 10.2. The number of carbonyl (C=O) groups excluding carboxylic acids is 2.